The first kappa shape index (κ1) is 10.8. The van der Waals surface area contributed by atoms with E-state index in [0.29, 0.717) is 0 Å². The highest BCUT2D eigenvalue weighted by Crippen LogP contribution is 2.17. The average Bonchev–Trinajstić information content (AvgIpc) is 2.41. The third-order valence-corrected chi connectivity index (χ3v) is 3.07. The molecule has 3 rings (SSSR count). The van der Waals surface area contributed by atoms with Gasteiger partial charge in [-0.15, -0.1) is 0 Å². The van der Waals surface area contributed by atoms with Crippen LogP contribution in [0.15, 0.2) is 65.6 Å². The Morgan fingerprint density at radius 3 is 2.50 bits per heavy atom. The number of pyridine rings is 1. The van der Waals surface area contributed by atoms with Crippen LogP contribution in [-0.4, -0.2) is 4.57 Å². The predicted octanol–water partition coefficient (Wildman–Crippen LogP) is 3.30. The molecule has 1 aromatic heterocycles. The Morgan fingerprint density at radius 2 is 1.67 bits per heavy atom. The maximum atomic E-state index is 11.9. The molecule has 0 N–H and O–H groups in total. The van der Waals surface area contributed by atoms with Gasteiger partial charge < -0.3 is 0 Å². The molecule has 88 valence electrons. The molecular weight excluding hydrogens is 222 g/mol. The number of hydrogen-bond acceptors (Lipinski definition) is 1. The van der Waals surface area contributed by atoms with Gasteiger partial charge in [0, 0.05) is 18.0 Å². The minimum atomic E-state index is -0.00381. The summed E-state index contributed by atoms with van der Waals surface area (Å²) in [6.45, 7) is 1.98. The normalized spacial score (nSPS) is 10.7. The van der Waals surface area contributed by atoms with Crippen LogP contribution in [0.25, 0.3) is 16.5 Å². The number of fused-ring (bicyclic) bond motifs is 1. The summed E-state index contributed by atoms with van der Waals surface area (Å²) in [6, 6.07) is 17.6. The lowest BCUT2D eigenvalue weighted by Crippen LogP contribution is -2.16. The van der Waals surface area contributed by atoms with Gasteiger partial charge in [-0.3, -0.25) is 9.36 Å². The standard InChI is InChI=1S/C16H13NO/c1-12-6-9-16(18)17(11-12)15-8-7-13-4-2-3-5-14(13)10-15/h2-11H,1H3. The second-order valence-electron chi connectivity index (χ2n) is 4.45. The zero-order valence-electron chi connectivity index (χ0n) is 10.1. The Morgan fingerprint density at radius 1 is 0.889 bits per heavy atom. The van der Waals surface area contributed by atoms with Gasteiger partial charge in [0.2, 0.25) is 0 Å². The summed E-state index contributed by atoms with van der Waals surface area (Å²) in [5.41, 5.74) is 1.97. The summed E-state index contributed by atoms with van der Waals surface area (Å²) in [7, 11) is 0. The van der Waals surface area contributed by atoms with E-state index in [4.69, 9.17) is 0 Å². The zero-order valence-corrected chi connectivity index (χ0v) is 10.1. The smallest absolute Gasteiger partial charge is 0.255 e. The van der Waals surface area contributed by atoms with Crippen molar-refractivity contribution in [3.05, 3.63) is 76.7 Å². The average molecular weight is 235 g/mol. The topological polar surface area (TPSA) is 22.0 Å². The molecule has 0 amide bonds. The van der Waals surface area contributed by atoms with E-state index in [2.05, 4.69) is 12.1 Å². The van der Waals surface area contributed by atoms with Gasteiger partial charge in [0.05, 0.1) is 0 Å². The molecule has 2 nitrogen and oxygen atoms in total. The molecule has 0 aliphatic carbocycles. The molecule has 0 bridgehead atoms. The molecule has 1 heterocycles. The largest absolute Gasteiger partial charge is 0.284 e. The summed E-state index contributed by atoms with van der Waals surface area (Å²) in [5, 5.41) is 2.32. The van der Waals surface area contributed by atoms with Crippen LogP contribution in [0.1, 0.15) is 5.56 Å². The monoisotopic (exact) mass is 235 g/mol. The second kappa shape index (κ2) is 4.15. The van der Waals surface area contributed by atoms with E-state index >= 15 is 0 Å². The minimum absolute atomic E-state index is 0.00381. The van der Waals surface area contributed by atoms with Gasteiger partial charge in [-0.05, 0) is 35.4 Å². The van der Waals surface area contributed by atoms with Gasteiger partial charge >= 0.3 is 0 Å². The Kier molecular flexibility index (Phi) is 2.49. The van der Waals surface area contributed by atoms with Gasteiger partial charge in [-0.2, -0.15) is 0 Å². The van der Waals surface area contributed by atoms with E-state index in [1.165, 1.54) is 5.39 Å². The predicted molar refractivity (Wildman–Crippen MR) is 74.3 cm³/mol. The molecule has 0 spiro atoms. The van der Waals surface area contributed by atoms with Crippen LogP contribution in [0.3, 0.4) is 0 Å². The quantitative estimate of drug-likeness (QED) is 0.634. The molecule has 2 heteroatoms. The lowest BCUT2D eigenvalue weighted by Gasteiger charge is -2.07. The van der Waals surface area contributed by atoms with E-state index in [1.807, 2.05) is 49.5 Å². The maximum Gasteiger partial charge on any atom is 0.255 e. The van der Waals surface area contributed by atoms with E-state index < -0.39 is 0 Å². The van der Waals surface area contributed by atoms with E-state index in [1.54, 1.807) is 10.6 Å². The van der Waals surface area contributed by atoms with Crippen molar-refractivity contribution in [1.29, 1.82) is 0 Å². The number of benzene rings is 2. The van der Waals surface area contributed by atoms with Gasteiger partial charge in [0.15, 0.2) is 0 Å². The van der Waals surface area contributed by atoms with E-state index in [-0.39, 0.29) is 5.56 Å². The van der Waals surface area contributed by atoms with Crippen LogP contribution < -0.4 is 5.56 Å². The lowest BCUT2D eigenvalue weighted by atomic mass is 10.1. The van der Waals surface area contributed by atoms with Crippen molar-refractivity contribution in [2.45, 2.75) is 6.92 Å². The maximum absolute atomic E-state index is 11.9. The number of rotatable bonds is 1. The number of aromatic nitrogens is 1. The molecule has 0 fully saturated rings. The van der Waals surface area contributed by atoms with Crippen molar-refractivity contribution >= 4 is 10.8 Å². The third-order valence-electron chi connectivity index (χ3n) is 3.07. The van der Waals surface area contributed by atoms with Crippen molar-refractivity contribution < 1.29 is 0 Å². The van der Waals surface area contributed by atoms with E-state index in [0.717, 1.165) is 16.6 Å². The fraction of sp³-hybridized carbons (Fsp3) is 0.0625. The summed E-state index contributed by atoms with van der Waals surface area (Å²) < 4.78 is 1.68. The van der Waals surface area contributed by atoms with Crippen LogP contribution in [0.4, 0.5) is 0 Å². The molecule has 18 heavy (non-hydrogen) atoms. The van der Waals surface area contributed by atoms with Crippen molar-refractivity contribution in [3.8, 4) is 5.69 Å². The van der Waals surface area contributed by atoms with Gasteiger partial charge in [0.25, 0.3) is 5.56 Å². The van der Waals surface area contributed by atoms with Crippen LogP contribution in [0.5, 0.6) is 0 Å². The molecule has 3 aromatic rings. The number of nitrogens with zero attached hydrogens (tertiary/aromatic N) is 1. The van der Waals surface area contributed by atoms with Crippen molar-refractivity contribution in [2.75, 3.05) is 0 Å². The molecule has 0 aliphatic heterocycles. The fourth-order valence-corrected chi connectivity index (χ4v) is 2.12. The van der Waals surface area contributed by atoms with E-state index in [9.17, 15) is 4.79 Å². The Balaban J connectivity index is 2.25. The molecule has 0 radical (unpaired) electrons. The van der Waals surface area contributed by atoms with Crippen LogP contribution in [0.2, 0.25) is 0 Å². The van der Waals surface area contributed by atoms with Gasteiger partial charge in [0.1, 0.15) is 0 Å². The first-order valence-electron chi connectivity index (χ1n) is 5.92. The molecular formula is C16H13NO. The first-order valence-corrected chi connectivity index (χ1v) is 5.92. The third kappa shape index (κ3) is 1.82. The van der Waals surface area contributed by atoms with Crippen LogP contribution >= 0.6 is 0 Å². The fourth-order valence-electron chi connectivity index (χ4n) is 2.12. The van der Waals surface area contributed by atoms with Crippen molar-refractivity contribution in [3.63, 3.8) is 0 Å². The highest BCUT2D eigenvalue weighted by Gasteiger charge is 2.01. The molecule has 0 atom stereocenters. The van der Waals surface area contributed by atoms with Gasteiger partial charge in [-0.1, -0.05) is 36.4 Å². The molecule has 0 saturated heterocycles. The Bertz CT molecular complexity index is 771. The summed E-state index contributed by atoms with van der Waals surface area (Å²) in [5.74, 6) is 0. The molecule has 0 unspecified atom stereocenters. The summed E-state index contributed by atoms with van der Waals surface area (Å²) >= 11 is 0. The number of aryl methyl sites for hydroxylation is 1. The Labute approximate surface area is 105 Å². The lowest BCUT2D eigenvalue weighted by molar-refractivity contribution is 0.979. The first-order chi connectivity index (χ1) is 8.74. The highest BCUT2D eigenvalue weighted by atomic mass is 16.1. The van der Waals surface area contributed by atoms with Crippen molar-refractivity contribution in [2.24, 2.45) is 0 Å². The van der Waals surface area contributed by atoms with Crippen molar-refractivity contribution in [1.82, 2.24) is 4.57 Å². The molecule has 0 saturated carbocycles. The summed E-state index contributed by atoms with van der Waals surface area (Å²) in [4.78, 5) is 11.9. The molecule has 0 aliphatic rings. The van der Waals surface area contributed by atoms with Gasteiger partial charge in [-0.25, -0.2) is 0 Å². The number of hydrogen-bond donors (Lipinski definition) is 0. The second-order valence-corrected chi connectivity index (χ2v) is 4.45. The van der Waals surface area contributed by atoms with Crippen LogP contribution in [0, 0.1) is 6.92 Å². The zero-order chi connectivity index (χ0) is 12.5. The molecule has 2 aromatic carbocycles. The highest BCUT2D eigenvalue weighted by molar-refractivity contribution is 5.84. The minimum Gasteiger partial charge on any atom is -0.284 e. The SMILES string of the molecule is Cc1ccc(=O)n(-c2ccc3ccccc3c2)c1. The summed E-state index contributed by atoms with van der Waals surface area (Å²) in [6.07, 6.45) is 1.87. The Hall–Kier alpha value is -2.35. The van der Waals surface area contributed by atoms with Crippen LogP contribution in [-0.2, 0) is 0 Å².